The lowest BCUT2D eigenvalue weighted by Crippen LogP contribution is -2.49. The van der Waals surface area contributed by atoms with E-state index in [-0.39, 0.29) is 6.10 Å². The third-order valence-corrected chi connectivity index (χ3v) is 6.15. The number of ether oxygens (including phenoxy) is 2. The monoisotopic (exact) mass is 410 g/mol. The Bertz CT molecular complexity index is 804. The molecule has 0 aromatic heterocycles. The number of rotatable bonds is 8. The van der Waals surface area contributed by atoms with E-state index in [9.17, 15) is 5.11 Å². The molecule has 30 heavy (non-hydrogen) atoms. The van der Waals surface area contributed by atoms with Gasteiger partial charge in [-0.15, -0.1) is 0 Å². The van der Waals surface area contributed by atoms with Crippen LogP contribution in [-0.2, 0) is 11.2 Å². The van der Waals surface area contributed by atoms with Crippen LogP contribution in [0.2, 0.25) is 0 Å². The third-order valence-electron chi connectivity index (χ3n) is 6.15. The fraction of sp³-hybridized carbons (Fsp3) is 0.520. The predicted molar refractivity (Wildman–Crippen MR) is 120 cm³/mol. The fourth-order valence-corrected chi connectivity index (χ4v) is 4.63. The molecule has 1 N–H and O–H groups in total. The number of hydrogen-bond acceptors (Lipinski definition) is 5. The number of para-hydroxylation sites is 2. The van der Waals surface area contributed by atoms with Gasteiger partial charge in [0.05, 0.1) is 31.1 Å². The normalized spacial score (nSPS) is 20.6. The first-order valence-corrected chi connectivity index (χ1v) is 11.3. The predicted octanol–water partition coefficient (Wildman–Crippen LogP) is 3.66. The molecule has 0 spiro atoms. The van der Waals surface area contributed by atoms with Crippen LogP contribution < -0.4 is 9.64 Å². The molecule has 5 heteroatoms. The summed E-state index contributed by atoms with van der Waals surface area (Å²) in [4.78, 5) is 4.71. The van der Waals surface area contributed by atoms with Crippen LogP contribution in [0.5, 0.6) is 5.75 Å². The molecule has 162 valence electrons. The van der Waals surface area contributed by atoms with Gasteiger partial charge in [0.15, 0.2) is 0 Å². The second-order valence-corrected chi connectivity index (χ2v) is 8.26. The first-order chi connectivity index (χ1) is 14.7. The van der Waals surface area contributed by atoms with Gasteiger partial charge in [0.2, 0.25) is 0 Å². The van der Waals surface area contributed by atoms with Crippen LogP contribution in [-0.4, -0.2) is 62.0 Å². The number of benzene rings is 2. The van der Waals surface area contributed by atoms with Crippen molar-refractivity contribution >= 4 is 5.69 Å². The Kier molecular flexibility index (Phi) is 7.26. The minimum Gasteiger partial charge on any atom is -0.492 e. The van der Waals surface area contributed by atoms with Crippen LogP contribution in [0.4, 0.5) is 5.69 Å². The van der Waals surface area contributed by atoms with Gasteiger partial charge in [-0.05, 0) is 49.4 Å². The van der Waals surface area contributed by atoms with Gasteiger partial charge in [-0.3, -0.25) is 4.90 Å². The van der Waals surface area contributed by atoms with E-state index in [1.165, 1.54) is 16.8 Å². The van der Waals surface area contributed by atoms with Crippen molar-refractivity contribution in [1.82, 2.24) is 4.90 Å². The number of piperazine rings is 1. The minimum absolute atomic E-state index is 0.122. The molecule has 1 aliphatic carbocycles. The highest BCUT2D eigenvalue weighted by atomic mass is 16.5. The van der Waals surface area contributed by atoms with Gasteiger partial charge >= 0.3 is 0 Å². The maximum Gasteiger partial charge on any atom is 0.142 e. The Morgan fingerprint density at radius 2 is 1.80 bits per heavy atom. The second-order valence-electron chi connectivity index (χ2n) is 8.26. The van der Waals surface area contributed by atoms with Crippen LogP contribution in [0.25, 0.3) is 0 Å². The zero-order chi connectivity index (χ0) is 20.8. The van der Waals surface area contributed by atoms with Crippen molar-refractivity contribution in [3.63, 3.8) is 0 Å². The quantitative estimate of drug-likeness (QED) is 0.720. The number of nitrogens with zero attached hydrogens (tertiary/aromatic N) is 2. The summed E-state index contributed by atoms with van der Waals surface area (Å²) < 4.78 is 11.9. The highest BCUT2D eigenvalue weighted by molar-refractivity contribution is 5.58. The SMILES string of the molecule is CCOc1ccccc1N1CCN(C[C@H](O)CO[C@@H]2CCCc3ccccc32)CC1. The molecule has 2 atom stereocenters. The average molecular weight is 411 g/mol. The third kappa shape index (κ3) is 5.15. The average Bonchev–Trinajstić information content (AvgIpc) is 2.79. The van der Waals surface area contributed by atoms with E-state index in [2.05, 4.69) is 46.2 Å². The van der Waals surface area contributed by atoms with Crippen molar-refractivity contribution in [3.05, 3.63) is 59.7 Å². The van der Waals surface area contributed by atoms with Crippen molar-refractivity contribution < 1.29 is 14.6 Å². The van der Waals surface area contributed by atoms with Gasteiger partial charge in [-0.1, -0.05) is 36.4 Å². The number of aryl methyl sites for hydroxylation is 1. The van der Waals surface area contributed by atoms with Gasteiger partial charge in [0.1, 0.15) is 5.75 Å². The zero-order valence-electron chi connectivity index (χ0n) is 18.0. The van der Waals surface area contributed by atoms with E-state index in [1.807, 2.05) is 19.1 Å². The summed E-state index contributed by atoms with van der Waals surface area (Å²) in [5.41, 5.74) is 3.86. The maximum absolute atomic E-state index is 10.6. The van der Waals surface area contributed by atoms with Crippen LogP contribution in [0.15, 0.2) is 48.5 Å². The Balaban J connectivity index is 1.24. The van der Waals surface area contributed by atoms with Gasteiger partial charge in [-0.2, -0.15) is 0 Å². The molecule has 0 saturated carbocycles. The number of aliphatic hydroxyl groups excluding tert-OH is 1. The van der Waals surface area contributed by atoms with Gasteiger partial charge in [0, 0.05) is 32.7 Å². The summed E-state index contributed by atoms with van der Waals surface area (Å²) >= 11 is 0. The number of anilines is 1. The smallest absolute Gasteiger partial charge is 0.142 e. The van der Waals surface area contributed by atoms with E-state index >= 15 is 0 Å². The first kappa shape index (κ1) is 21.2. The van der Waals surface area contributed by atoms with E-state index in [1.54, 1.807) is 0 Å². The standard InChI is InChI=1S/C25H34N2O3/c1-2-29-25-12-6-5-11-23(25)27-16-14-26(15-17-27)18-21(28)19-30-24-13-7-9-20-8-3-4-10-22(20)24/h3-6,8,10-12,21,24,28H,2,7,9,13-19H2,1H3/t21-,24+/m0/s1. The van der Waals surface area contributed by atoms with Gasteiger partial charge < -0.3 is 19.5 Å². The molecule has 1 fully saturated rings. The lowest BCUT2D eigenvalue weighted by Gasteiger charge is -2.37. The Labute approximate surface area is 180 Å². The van der Waals surface area contributed by atoms with Crippen molar-refractivity contribution in [2.24, 2.45) is 0 Å². The zero-order valence-corrected chi connectivity index (χ0v) is 18.0. The molecule has 0 radical (unpaired) electrons. The van der Waals surface area contributed by atoms with E-state index < -0.39 is 6.10 Å². The van der Waals surface area contributed by atoms with Crippen LogP contribution in [0, 0.1) is 0 Å². The van der Waals surface area contributed by atoms with Crippen molar-refractivity contribution in [2.75, 3.05) is 50.8 Å². The fourth-order valence-electron chi connectivity index (χ4n) is 4.63. The number of fused-ring (bicyclic) bond motifs is 1. The van der Waals surface area contributed by atoms with Crippen LogP contribution in [0.1, 0.15) is 37.0 Å². The van der Waals surface area contributed by atoms with E-state index in [0.29, 0.717) is 19.8 Å². The summed E-state index contributed by atoms with van der Waals surface area (Å²) in [7, 11) is 0. The molecule has 2 aliphatic rings. The topological polar surface area (TPSA) is 45.2 Å². The van der Waals surface area contributed by atoms with E-state index in [4.69, 9.17) is 9.47 Å². The molecule has 5 nitrogen and oxygen atoms in total. The number of β-amino-alcohol motifs (C(OH)–C–C–N with tert-alkyl or cyclic N) is 1. The molecular weight excluding hydrogens is 376 g/mol. The Hall–Kier alpha value is -2.08. The summed E-state index contributed by atoms with van der Waals surface area (Å²) in [5, 5.41) is 10.6. The van der Waals surface area contributed by atoms with Crippen molar-refractivity contribution in [3.8, 4) is 5.75 Å². The molecule has 1 saturated heterocycles. The Morgan fingerprint density at radius 3 is 2.63 bits per heavy atom. The van der Waals surface area contributed by atoms with Gasteiger partial charge in [-0.25, -0.2) is 0 Å². The molecular formula is C25H34N2O3. The first-order valence-electron chi connectivity index (χ1n) is 11.3. The molecule has 0 amide bonds. The Morgan fingerprint density at radius 1 is 1.03 bits per heavy atom. The largest absolute Gasteiger partial charge is 0.492 e. The van der Waals surface area contributed by atoms with Crippen LogP contribution in [0.3, 0.4) is 0 Å². The molecule has 4 rings (SSSR count). The van der Waals surface area contributed by atoms with Crippen molar-refractivity contribution in [1.29, 1.82) is 0 Å². The lowest BCUT2D eigenvalue weighted by molar-refractivity contribution is -0.0285. The maximum atomic E-state index is 10.6. The summed E-state index contributed by atoms with van der Waals surface area (Å²) in [6, 6.07) is 16.8. The van der Waals surface area contributed by atoms with Crippen molar-refractivity contribution in [2.45, 2.75) is 38.4 Å². The number of aliphatic hydroxyl groups is 1. The summed E-state index contributed by atoms with van der Waals surface area (Å²) in [5.74, 6) is 0.953. The molecule has 0 bridgehead atoms. The molecule has 2 aromatic carbocycles. The molecule has 2 aromatic rings. The molecule has 1 aliphatic heterocycles. The van der Waals surface area contributed by atoms with Gasteiger partial charge in [0.25, 0.3) is 0 Å². The number of hydrogen-bond donors (Lipinski definition) is 1. The lowest BCUT2D eigenvalue weighted by atomic mass is 9.89. The minimum atomic E-state index is -0.457. The summed E-state index contributed by atoms with van der Waals surface area (Å²) in [6.45, 7) is 7.50. The van der Waals surface area contributed by atoms with Crippen LogP contribution >= 0.6 is 0 Å². The summed E-state index contributed by atoms with van der Waals surface area (Å²) in [6.07, 6.45) is 3.00. The molecule has 0 unspecified atom stereocenters. The second kappa shape index (κ2) is 10.3. The van der Waals surface area contributed by atoms with E-state index in [0.717, 1.165) is 51.2 Å². The highest BCUT2D eigenvalue weighted by Crippen LogP contribution is 2.32. The highest BCUT2D eigenvalue weighted by Gasteiger charge is 2.24. The molecule has 1 heterocycles.